The van der Waals surface area contributed by atoms with E-state index in [2.05, 4.69) is 0 Å². The van der Waals surface area contributed by atoms with Crippen molar-refractivity contribution in [3.63, 3.8) is 0 Å². The largest absolute Gasteiger partial charge is 0.508 e. The van der Waals surface area contributed by atoms with E-state index in [-0.39, 0.29) is 12.2 Å². The lowest BCUT2D eigenvalue weighted by molar-refractivity contribution is -0.107. The molecule has 0 aliphatic carbocycles. The normalized spacial score (nSPS) is 9.92. The van der Waals surface area contributed by atoms with Gasteiger partial charge in [-0.15, -0.1) is 11.6 Å². The van der Waals surface area contributed by atoms with Gasteiger partial charge in [-0.3, -0.25) is 0 Å². The molecule has 0 amide bonds. The first-order valence-corrected chi connectivity index (χ1v) is 4.61. The van der Waals surface area contributed by atoms with Crippen LogP contribution in [0.5, 0.6) is 5.75 Å². The summed E-state index contributed by atoms with van der Waals surface area (Å²) in [5.41, 5.74) is 1.71. The van der Waals surface area contributed by atoms with Gasteiger partial charge in [0.2, 0.25) is 0 Å². The Kier molecular flexibility index (Phi) is 3.77. The Labute approximate surface area is 82.2 Å². The standard InChI is InChI=1S/C10H11ClO2/c11-5-3-8-1-2-10(13)9(7-8)4-6-12/h1-2,6-7,13H,3-5H2. The van der Waals surface area contributed by atoms with Crippen LogP contribution in [0.15, 0.2) is 18.2 Å². The summed E-state index contributed by atoms with van der Waals surface area (Å²) >= 11 is 5.57. The van der Waals surface area contributed by atoms with E-state index < -0.39 is 0 Å². The molecule has 0 fully saturated rings. The summed E-state index contributed by atoms with van der Waals surface area (Å²) in [5.74, 6) is 0.719. The van der Waals surface area contributed by atoms with Crippen LogP contribution in [0.4, 0.5) is 0 Å². The minimum Gasteiger partial charge on any atom is -0.508 e. The fraction of sp³-hybridized carbons (Fsp3) is 0.300. The van der Waals surface area contributed by atoms with Crippen molar-refractivity contribution < 1.29 is 9.90 Å². The molecule has 1 N–H and O–H groups in total. The summed E-state index contributed by atoms with van der Waals surface area (Å²) in [7, 11) is 0. The van der Waals surface area contributed by atoms with Crippen molar-refractivity contribution >= 4 is 17.9 Å². The van der Waals surface area contributed by atoms with Gasteiger partial charge in [0, 0.05) is 17.9 Å². The molecular formula is C10H11ClO2. The van der Waals surface area contributed by atoms with Crippen LogP contribution in [-0.2, 0) is 17.6 Å². The predicted octanol–water partition coefficient (Wildman–Crippen LogP) is 1.91. The molecule has 0 aliphatic heterocycles. The van der Waals surface area contributed by atoms with E-state index in [0.717, 1.165) is 18.3 Å². The predicted molar refractivity (Wildman–Crippen MR) is 52.3 cm³/mol. The third-order valence-corrected chi connectivity index (χ3v) is 2.02. The Hall–Kier alpha value is -1.02. The Bertz CT molecular complexity index is 297. The van der Waals surface area contributed by atoms with Crippen molar-refractivity contribution in [1.29, 1.82) is 0 Å². The maximum atomic E-state index is 10.3. The zero-order valence-electron chi connectivity index (χ0n) is 7.16. The molecule has 1 aromatic rings. The second kappa shape index (κ2) is 4.87. The molecule has 0 saturated carbocycles. The van der Waals surface area contributed by atoms with Crippen LogP contribution < -0.4 is 0 Å². The van der Waals surface area contributed by atoms with Crippen LogP contribution in [-0.4, -0.2) is 17.3 Å². The molecule has 0 radical (unpaired) electrons. The van der Waals surface area contributed by atoms with Crippen LogP contribution in [0.3, 0.4) is 0 Å². The van der Waals surface area contributed by atoms with E-state index >= 15 is 0 Å². The highest BCUT2D eigenvalue weighted by molar-refractivity contribution is 6.17. The lowest BCUT2D eigenvalue weighted by atomic mass is 10.1. The highest BCUT2D eigenvalue weighted by Gasteiger charge is 2.01. The first-order valence-electron chi connectivity index (χ1n) is 4.08. The molecule has 1 rings (SSSR count). The average molecular weight is 199 g/mol. The van der Waals surface area contributed by atoms with Gasteiger partial charge < -0.3 is 9.90 Å². The molecule has 0 unspecified atom stereocenters. The number of phenolic OH excluding ortho intramolecular Hbond substituents is 1. The number of carbonyl (C=O) groups is 1. The van der Waals surface area contributed by atoms with E-state index in [9.17, 15) is 9.90 Å². The van der Waals surface area contributed by atoms with Gasteiger partial charge in [0.15, 0.2) is 0 Å². The Morgan fingerprint density at radius 2 is 2.23 bits per heavy atom. The number of hydrogen-bond donors (Lipinski definition) is 1. The molecule has 0 heterocycles. The summed E-state index contributed by atoms with van der Waals surface area (Å²) in [4.78, 5) is 10.3. The van der Waals surface area contributed by atoms with Gasteiger partial charge in [-0.2, -0.15) is 0 Å². The number of aldehydes is 1. The molecule has 3 heteroatoms. The Morgan fingerprint density at radius 3 is 2.85 bits per heavy atom. The minimum absolute atomic E-state index is 0.172. The Morgan fingerprint density at radius 1 is 1.46 bits per heavy atom. The fourth-order valence-corrected chi connectivity index (χ4v) is 1.37. The van der Waals surface area contributed by atoms with Crippen LogP contribution in [0.1, 0.15) is 11.1 Å². The van der Waals surface area contributed by atoms with E-state index in [1.54, 1.807) is 6.07 Å². The van der Waals surface area contributed by atoms with Crippen molar-refractivity contribution in [2.45, 2.75) is 12.8 Å². The summed E-state index contributed by atoms with van der Waals surface area (Å²) in [5, 5.41) is 9.34. The number of phenols is 1. The second-order valence-corrected chi connectivity index (χ2v) is 3.15. The molecule has 0 atom stereocenters. The molecule has 2 nitrogen and oxygen atoms in total. The number of carbonyl (C=O) groups excluding carboxylic acids is 1. The van der Waals surface area contributed by atoms with Gasteiger partial charge in [0.25, 0.3) is 0 Å². The van der Waals surface area contributed by atoms with Gasteiger partial charge in [0.1, 0.15) is 12.0 Å². The third kappa shape index (κ3) is 2.74. The van der Waals surface area contributed by atoms with Crippen LogP contribution in [0.2, 0.25) is 0 Å². The van der Waals surface area contributed by atoms with Gasteiger partial charge >= 0.3 is 0 Å². The summed E-state index contributed by atoms with van der Waals surface area (Å²) < 4.78 is 0. The molecule has 13 heavy (non-hydrogen) atoms. The lowest BCUT2D eigenvalue weighted by Crippen LogP contribution is -1.91. The molecule has 0 bridgehead atoms. The highest BCUT2D eigenvalue weighted by Crippen LogP contribution is 2.18. The monoisotopic (exact) mass is 198 g/mol. The van der Waals surface area contributed by atoms with Crippen molar-refractivity contribution in [1.82, 2.24) is 0 Å². The number of alkyl halides is 1. The second-order valence-electron chi connectivity index (χ2n) is 2.77. The van der Waals surface area contributed by atoms with Crippen molar-refractivity contribution in [2.24, 2.45) is 0 Å². The van der Waals surface area contributed by atoms with Gasteiger partial charge in [0.05, 0.1) is 0 Å². The average Bonchev–Trinajstić information content (AvgIpc) is 2.12. The SMILES string of the molecule is O=CCc1cc(CCCl)ccc1O. The van der Waals surface area contributed by atoms with E-state index in [1.165, 1.54) is 0 Å². The van der Waals surface area contributed by atoms with Crippen molar-refractivity contribution in [3.05, 3.63) is 29.3 Å². The lowest BCUT2D eigenvalue weighted by Gasteiger charge is -2.03. The summed E-state index contributed by atoms with van der Waals surface area (Å²) in [6.45, 7) is 0. The van der Waals surface area contributed by atoms with Gasteiger partial charge in [-0.25, -0.2) is 0 Å². The zero-order chi connectivity index (χ0) is 9.68. The molecular weight excluding hydrogens is 188 g/mol. The first kappa shape index (κ1) is 10.1. The van der Waals surface area contributed by atoms with Gasteiger partial charge in [-0.05, 0) is 18.1 Å². The number of aromatic hydroxyl groups is 1. The summed E-state index contributed by atoms with van der Waals surface area (Å²) in [6.07, 6.45) is 1.79. The molecule has 0 aromatic heterocycles. The molecule has 0 saturated heterocycles. The van der Waals surface area contributed by atoms with E-state index in [4.69, 9.17) is 11.6 Å². The molecule has 0 aliphatic rings. The van der Waals surface area contributed by atoms with E-state index in [1.807, 2.05) is 12.1 Å². The third-order valence-electron chi connectivity index (χ3n) is 1.83. The van der Waals surface area contributed by atoms with Crippen LogP contribution in [0, 0.1) is 0 Å². The van der Waals surface area contributed by atoms with Crippen LogP contribution >= 0.6 is 11.6 Å². The molecule has 0 spiro atoms. The smallest absolute Gasteiger partial charge is 0.124 e. The number of benzene rings is 1. The molecule has 1 aromatic carbocycles. The summed E-state index contributed by atoms with van der Waals surface area (Å²) in [6, 6.07) is 5.22. The minimum atomic E-state index is 0.172. The van der Waals surface area contributed by atoms with Crippen LogP contribution in [0.25, 0.3) is 0 Å². The zero-order valence-corrected chi connectivity index (χ0v) is 7.92. The van der Waals surface area contributed by atoms with Gasteiger partial charge in [-0.1, -0.05) is 12.1 Å². The highest BCUT2D eigenvalue weighted by atomic mass is 35.5. The Balaban J connectivity index is 2.89. The maximum Gasteiger partial charge on any atom is 0.124 e. The number of hydrogen-bond acceptors (Lipinski definition) is 2. The van der Waals surface area contributed by atoms with Crippen molar-refractivity contribution in [3.8, 4) is 5.75 Å². The fourth-order valence-electron chi connectivity index (χ4n) is 1.16. The molecule has 70 valence electrons. The number of aryl methyl sites for hydroxylation is 1. The number of halogens is 1. The maximum absolute atomic E-state index is 10.3. The topological polar surface area (TPSA) is 37.3 Å². The number of rotatable bonds is 4. The van der Waals surface area contributed by atoms with E-state index in [0.29, 0.717) is 11.4 Å². The quantitative estimate of drug-likeness (QED) is 0.593. The van der Waals surface area contributed by atoms with Crippen molar-refractivity contribution in [2.75, 3.05) is 5.88 Å². The first-order chi connectivity index (χ1) is 6.27.